The van der Waals surface area contributed by atoms with E-state index in [0.717, 1.165) is 6.26 Å². The maximum atomic E-state index is 11.3. The van der Waals surface area contributed by atoms with E-state index in [4.69, 9.17) is 14.7 Å². The lowest BCUT2D eigenvalue weighted by Crippen LogP contribution is -1.98. The molecule has 0 aromatic heterocycles. The molecule has 1 aromatic carbocycles. The van der Waals surface area contributed by atoms with Crippen molar-refractivity contribution in [1.82, 2.24) is 0 Å². The Balaban J connectivity index is 3.34. The first kappa shape index (κ1) is 14.1. The fourth-order valence-electron chi connectivity index (χ4n) is 1.29. The summed E-state index contributed by atoms with van der Waals surface area (Å²) in [5, 5.41) is 8.82. The highest BCUT2D eigenvalue weighted by atomic mass is 32.2. The Morgan fingerprint density at radius 3 is 2.06 bits per heavy atom. The Morgan fingerprint density at radius 2 is 1.72 bits per heavy atom. The average molecular weight is 267 g/mol. The van der Waals surface area contributed by atoms with E-state index in [2.05, 4.69) is 0 Å². The van der Waals surface area contributed by atoms with E-state index in [1.165, 1.54) is 20.3 Å². The number of nitriles is 1. The van der Waals surface area contributed by atoms with Crippen LogP contribution in [0.4, 0.5) is 0 Å². The van der Waals surface area contributed by atoms with Gasteiger partial charge in [0.2, 0.25) is 0 Å². The predicted molar refractivity (Wildman–Crippen MR) is 68.0 cm³/mol. The minimum atomic E-state index is -3.53. The molecule has 96 valence electrons. The molecule has 5 nitrogen and oxygen atoms in total. The summed E-state index contributed by atoms with van der Waals surface area (Å²) < 4.78 is 32.8. The first-order valence-electron chi connectivity index (χ1n) is 4.95. The topological polar surface area (TPSA) is 76.4 Å². The quantitative estimate of drug-likeness (QED) is 0.775. The van der Waals surface area contributed by atoms with Gasteiger partial charge in [-0.15, -0.1) is 0 Å². The van der Waals surface area contributed by atoms with Gasteiger partial charge in [0.25, 0.3) is 0 Å². The SMILES string of the molecule is COc1cc(C=C(C#N)S(C)(=O)=O)cc(OC)c1. The minimum Gasteiger partial charge on any atom is -0.497 e. The zero-order chi connectivity index (χ0) is 13.8. The Labute approximate surface area is 106 Å². The Bertz CT molecular complexity index is 589. The van der Waals surface area contributed by atoms with Crippen molar-refractivity contribution in [3.63, 3.8) is 0 Å². The first-order chi connectivity index (χ1) is 8.40. The zero-order valence-electron chi connectivity index (χ0n) is 10.3. The van der Waals surface area contributed by atoms with Crippen LogP contribution in [-0.2, 0) is 9.84 Å². The summed E-state index contributed by atoms with van der Waals surface area (Å²) in [4.78, 5) is -0.308. The molecular formula is C12H13NO4S. The van der Waals surface area contributed by atoms with E-state index in [9.17, 15) is 8.42 Å². The van der Waals surface area contributed by atoms with Gasteiger partial charge in [0.05, 0.1) is 14.2 Å². The highest BCUT2D eigenvalue weighted by molar-refractivity contribution is 7.95. The predicted octanol–water partition coefficient (Wildman–Crippen LogP) is 1.61. The number of sulfone groups is 1. The number of allylic oxidation sites excluding steroid dienone is 1. The second-order valence-corrected chi connectivity index (χ2v) is 5.52. The normalized spacial score (nSPS) is 11.8. The summed E-state index contributed by atoms with van der Waals surface area (Å²) in [6.45, 7) is 0. The number of rotatable bonds is 4. The molecule has 1 aromatic rings. The molecule has 0 atom stereocenters. The van der Waals surface area contributed by atoms with Crippen LogP contribution in [0.5, 0.6) is 11.5 Å². The molecule has 1 rings (SSSR count). The number of ether oxygens (including phenoxy) is 2. The Kier molecular flexibility index (Phi) is 4.34. The van der Waals surface area contributed by atoms with Crippen molar-refractivity contribution in [3.8, 4) is 17.6 Å². The van der Waals surface area contributed by atoms with Gasteiger partial charge in [0.1, 0.15) is 22.5 Å². The van der Waals surface area contributed by atoms with Crippen LogP contribution in [0.25, 0.3) is 6.08 Å². The average Bonchev–Trinajstić information content (AvgIpc) is 2.33. The van der Waals surface area contributed by atoms with Gasteiger partial charge in [-0.25, -0.2) is 8.42 Å². The van der Waals surface area contributed by atoms with Gasteiger partial charge in [-0.1, -0.05) is 0 Å². The molecule has 0 bridgehead atoms. The van der Waals surface area contributed by atoms with Gasteiger partial charge in [-0.2, -0.15) is 5.26 Å². The van der Waals surface area contributed by atoms with Crippen molar-refractivity contribution >= 4 is 15.9 Å². The highest BCUT2D eigenvalue weighted by Gasteiger charge is 2.11. The zero-order valence-corrected chi connectivity index (χ0v) is 11.1. The minimum absolute atomic E-state index is 0.308. The molecule has 0 aliphatic carbocycles. The third-order valence-electron chi connectivity index (χ3n) is 2.18. The molecule has 18 heavy (non-hydrogen) atoms. The van der Waals surface area contributed by atoms with Gasteiger partial charge in [0, 0.05) is 12.3 Å². The van der Waals surface area contributed by atoms with Crippen LogP contribution in [0.2, 0.25) is 0 Å². The number of hydrogen-bond donors (Lipinski definition) is 0. The van der Waals surface area contributed by atoms with Crippen molar-refractivity contribution in [1.29, 1.82) is 5.26 Å². The fourth-order valence-corrected chi connectivity index (χ4v) is 1.80. The van der Waals surface area contributed by atoms with Crippen LogP contribution in [-0.4, -0.2) is 28.9 Å². The Hall–Kier alpha value is -2.00. The van der Waals surface area contributed by atoms with Crippen LogP contribution in [0.3, 0.4) is 0 Å². The Morgan fingerprint density at radius 1 is 1.22 bits per heavy atom. The number of methoxy groups -OCH3 is 2. The van der Waals surface area contributed by atoms with Gasteiger partial charge in [-0.3, -0.25) is 0 Å². The van der Waals surface area contributed by atoms with Crippen LogP contribution in [0.1, 0.15) is 5.56 Å². The molecule has 6 heteroatoms. The summed E-state index contributed by atoms with van der Waals surface area (Å²) >= 11 is 0. The van der Waals surface area contributed by atoms with Crippen molar-refractivity contribution in [2.45, 2.75) is 0 Å². The largest absolute Gasteiger partial charge is 0.497 e. The van der Waals surface area contributed by atoms with E-state index in [-0.39, 0.29) is 4.91 Å². The van der Waals surface area contributed by atoms with Gasteiger partial charge in [0.15, 0.2) is 9.84 Å². The third kappa shape index (κ3) is 3.50. The van der Waals surface area contributed by atoms with Gasteiger partial charge >= 0.3 is 0 Å². The molecule has 0 unspecified atom stereocenters. The second-order valence-electron chi connectivity index (χ2n) is 3.54. The smallest absolute Gasteiger partial charge is 0.185 e. The summed E-state index contributed by atoms with van der Waals surface area (Å²) in [6, 6.07) is 6.55. The number of hydrogen-bond acceptors (Lipinski definition) is 5. The molecule has 0 spiro atoms. The standard InChI is InChI=1S/C12H13NO4S/c1-16-10-4-9(5-11(7-10)17-2)6-12(8-13)18(3,14)15/h4-7H,1-3H3. The lowest BCUT2D eigenvalue weighted by molar-refractivity contribution is 0.394. The highest BCUT2D eigenvalue weighted by Crippen LogP contribution is 2.24. The molecule has 0 saturated carbocycles. The molecule has 0 amide bonds. The van der Waals surface area contributed by atoms with Crippen LogP contribution in [0.15, 0.2) is 23.1 Å². The van der Waals surface area contributed by atoms with Crippen molar-refractivity contribution in [2.75, 3.05) is 20.5 Å². The molecular weight excluding hydrogens is 254 g/mol. The van der Waals surface area contributed by atoms with Crippen molar-refractivity contribution in [3.05, 3.63) is 28.7 Å². The lowest BCUT2D eigenvalue weighted by atomic mass is 10.2. The van der Waals surface area contributed by atoms with Gasteiger partial charge in [-0.05, 0) is 23.8 Å². The summed E-state index contributed by atoms with van der Waals surface area (Å²) in [6.07, 6.45) is 2.26. The first-order valence-corrected chi connectivity index (χ1v) is 6.84. The number of benzene rings is 1. The molecule has 0 aliphatic heterocycles. The number of nitrogens with zero attached hydrogens (tertiary/aromatic N) is 1. The summed E-state index contributed by atoms with van der Waals surface area (Å²) in [5.74, 6) is 1.04. The summed E-state index contributed by atoms with van der Waals surface area (Å²) in [7, 11) is -0.554. The van der Waals surface area contributed by atoms with Crippen molar-refractivity contribution in [2.24, 2.45) is 0 Å². The molecule has 0 saturated heterocycles. The third-order valence-corrected chi connectivity index (χ3v) is 3.19. The molecule has 0 radical (unpaired) electrons. The summed E-state index contributed by atoms with van der Waals surface area (Å²) in [5.41, 5.74) is 0.521. The maximum absolute atomic E-state index is 11.3. The van der Waals surface area contributed by atoms with Crippen LogP contribution >= 0.6 is 0 Å². The molecule has 0 fully saturated rings. The van der Waals surface area contributed by atoms with E-state index in [1.54, 1.807) is 24.3 Å². The van der Waals surface area contributed by atoms with Crippen molar-refractivity contribution < 1.29 is 17.9 Å². The van der Waals surface area contributed by atoms with E-state index < -0.39 is 9.84 Å². The molecule has 0 heterocycles. The fraction of sp³-hybridized carbons (Fsp3) is 0.250. The van der Waals surface area contributed by atoms with E-state index >= 15 is 0 Å². The monoisotopic (exact) mass is 267 g/mol. The molecule has 0 N–H and O–H groups in total. The van der Waals surface area contributed by atoms with Crippen LogP contribution in [0, 0.1) is 11.3 Å². The lowest BCUT2D eigenvalue weighted by Gasteiger charge is -2.06. The van der Waals surface area contributed by atoms with Gasteiger partial charge < -0.3 is 9.47 Å². The maximum Gasteiger partial charge on any atom is 0.185 e. The molecule has 0 aliphatic rings. The van der Waals surface area contributed by atoms with E-state index in [0.29, 0.717) is 17.1 Å². The van der Waals surface area contributed by atoms with Crippen LogP contribution < -0.4 is 9.47 Å². The van der Waals surface area contributed by atoms with E-state index in [1.807, 2.05) is 0 Å². The second kappa shape index (κ2) is 5.56.